The second kappa shape index (κ2) is 9.47. The number of nitrogens with one attached hydrogen (secondary N) is 1. The highest BCUT2D eigenvalue weighted by molar-refractivity contribution is 6.06. The average molecular weight is 403 g/mol. The van der Waals surface area contributed by atoms with E-state index in [9.17, 15) is 4.79 Å². The highest BCUT2D eigenvalue weighted by atomic mass is 16.2. The number of benzene rings is 2. The van der Waals surface area contributed by atoms with Gasteiger partial charge in [0.25, 0.3) is 0 Å². The van der Waals surface area contributed by atoms with E-state index in [1.807, 2.05) is 42.5 Å². The first-order valence-electron chi connectivity index (χ1n) is 10.1. The maximum atomic E-state index is 13.1. The summed E-state index contributed by atoms with van der Waals surface area (Å²) in [5.41, 5.74) is 3.35. The molecule has 2 aromatic carbocycles. The molecule has 0 unspecified atom stereocenters. The minimum atomic E-state index is -0.261. The standard InChI is InChI=1S/C23H26N6O/c1-27-11-13-28(14-12-27)17-19-7-9-20(10-8-19)26-23(30)29(21-5-3-2-4-6-21)22-15-24-18-25-16-22/h2-10,15-16,18H,11-14,17H2,1H3,(H,26,30). The minimum Gasteiger partial charge on any atom is -0.307 e. The van der Waals surface area contributed by atoms with Crippen LogP contribution in [0, 0.1) is 0 Å². The molecule has 0 aliphatic carbocycles. The van der Waals surface area contributed by atoms with Gasteiger partial charge in [0, 0.05) is 38.4 Å². The molecule has 154 valence electrons. The molecule has 7 heteroatoms. The van der Waals surface area contributed by atoms with Crippen LogP contribution in [0.4, 0.5) is 21.9 Å². The quantitative estimate of drug-likeness (QED) is 0.707. The van der Waals surface area contributed by atoms with Crippen molar-refractivity contribution in [1.82, 2.24) is 19.8 Å². The molecule has 1 N–H and O–H groups in total. The summed E-state index contributed by atoms with van der Waals surface area (Å²) in [6.07, 6.45) is 4.70. The second-order valence-corrected chi connectivity index (χ2v) is 7.47. The number of hydrogen-bond acceptors (Lipinski definition) is 5. The summed E-state index contributed by atoms with van der Waals surface area (Å²) in [6, 6.07) is 17.3. The van der Waals surface area contributed by atoms with Crippen molar-refractivity contribution < 1.29 is 4.79 Å². The number of rotatable bonds is 5. The lowest BCUT2D eigenvalue weighted by Crippen LogP contribution is -2.43. The van der Waals surface area contributed by atoms with Crippen LogP contribution in [0.15, 0.2) is 73.3 Å². The molecule has 4 rings (SSSR count). The first kappa shape index (κ1) is 20.0. The second-order valence-electron chi connectivity index (χ2n) is 7.47. The van der Waals surface area contributed by atoms with Gasteiger partial charge >= 0.3 is 6.03 Å². The van der Waals surface area contributed by atoms with Gasteiger partial charge in [-0.05, 0) is 36.9 Å². The van der Waals surface area contributed by atoms with Gasteiger partial charge in [0.15, 0.2) is 0 Å². The topological polar surface area (TPSA) is 64.6 Å². The van der Waals surface area contributed by atoms with Crippen LogP contribution in [0.25, 0.3) is 0 Å². The van der Waals surface area contributed by atoms with Crippen molar-refractivity contribution in [3.63, 3.8) is 0 Å². The van der Waals surface area contributed by atoms with Gasteiger partial charge in [-0.3, -0.25) is 9.80 Å². The van der Waals surface area contributed by atoms with Crippen molar-refractivity contribution in [2.75, 3.05) is 43.4 Å². The van der Waals surface area contributed by atoms with E-state index < -0.39 is 0 Å². The predicted octanol–water partition coefficient (Wildman–Crippen LogP) is 3.59. The molecule has 1 aromatic heterocycles. The molecule has 3 aromatic rings. The predicted molar refractivity (Wildman–Crippen MR) is 119 cm³/mol. The average Bonchev–Trinajstić information content (AvgIpc) is 2.78. The lowest BCUT2D eigenvalue weighted by Gasteiger charge is -2.32. The largest absolute Gasteiger partial charge is 0.331 e. The van der Waals surface area contributed by atoms with E-state index in [2.05, 4.69) is 44.3 Å². The Morgan fingerprint density at radius 2 is 1.60 bits per heavy atom. The van der Waals surface area contributed by atoms with Gasteiger partial charge in [-0.1, -0.05) is 30.3 Å². The number of nitrogens with zero attached hydrogens (tertiary/aromatic N) is 5. The van der Waals surface area contributed by atoms with Crippen LogP contribution in [-0.4, -0.2) is 59.0 Å². The monoisotopic (exact) mass is 402 g/mol. The summed E-state index contributed by atoms with van der Waals surface area (Å²) in [5, 5.41) is 2.99. The Balaban J connectivity index is 1.45. The number of hydrogen-bond donors (Lipinski definition) is 1. The van der Waals surface area contributed by atoms with Crippen LogP contribution in [0.5, 0.6) is 0 Å². The van der Waals surface area contributed by atoms with Crippen molar-refractivity contribution in [2.45, 2.75) is 6.54 Å². The summed E-state index contributed by atoms with van der Waals surface area (Å²) < 4.78 is 0. The molecular weight excluding hydrogens is 376 g/mol. The first-order chi connectivity index (χ1) is 14.7. The van der Waals surface area contributed by atoms with Crippen LogP contribution in [0.3, 0.4) is 0 Å². The fourth-order valence-electron chi connectivity index (χ4n) is 3.50. The third kappa shape index (κ3) is 5.00. The molecule has 0 saturated carbocycles. The molecule has 1 saturated heterocycles. The van der Waals surface area contributed by atoms with Gasteiger partial charge < -0.3 is 10.2 Å². The van der Waals surface area contributed by atoms with Gasteiger partial charge in [0.1, 0.15) is 6.33 Å². The van der Waals surface area contributed by atoms with Gasteiger partial charge in [-0.2, -0.15) is 0 Å². The van der Waals surface area contributed by atoms with Gasteiger partial charge in [0.2, 0.25) is 0 Å². The summed E-state index contributed by atoms with van der Waals surface area (Å²) in [6.45, 7) is 5.30. The molecule has 0 spiro atoms. The van der Waals surface area contributed by atoms with Gasteiger partial charge in [-0.15, -0.1) is 0 Å². The number of aromatic nitrogens is 2. The van der Waals surface area contributed by atoms with Crippen molar-refractivity contribution >= 4 is 23.1 Å². The normalized spacial score (nSPS) is 15.0. The number of carbonyl (C=O) groups excluding carboxylic acids is 1. The first-order valence-corrected chi connectivity index (χ1v) is 10.1. The third-order valence-electron chi connectivity index (χ3n) is 5.23. The highest BCUT2D eigenvalue weighted by Crippen LogP contribution is 2.25. The molecule has 1 aliphatic rings. The molecule has 7 nitrogen and oxygen atoms in total. The third-order valence-corrected chi connectivity index (χ3v) is 5.23. The van der Waals surface area contributed by atoms with Crippen molar-refractivity contribution in [2.24, 2.45) is 0 Å². The zero-order valence-electron chi connectivity index (χ0n) is 17.1. The number of likely N-dealkylation sites (N-methyl/N-ethyl adjacent to an activating group) is 1. The number of piperazine rings is 1. The van der Waals surface area contributed by atoms with Crippen LogP contribution in [0.1, 0.15) is 5.56 Å². The van der Waals surface area contributed by atoms with E-state index in [0.29, 0.717) is 5.69 Å². The summed E-state index contributed by atoms with van der Waals surface area (Å²) in [7, 11) is 2.16. The summed E-state index contributed by atoms with van der Waals surface area (Å²) >= 11 is 0. The minimum absolute atomic E-state index is 0.261. The van der Waals surface area contributed by atoms with Crippen molar-refractivity contribution in [1.29, 1.82) is 0 Å². The Morgan fingerprint density at radius 3 is 2.27 bits per heavy atom. The fraction of sp³-hybridized carbons (Fsp3) is 0.261. The van der Waals surface area contributed by atoms with E-state index in [1.54, 1.807) is 17.3 Å². The zero-order valence-corrected chi connectivity index (χ0v) is 17.1. The van der Waals surface area contributed by atoms with Gasteiger partial charge in [-0.25, -0.2) is 14.8 Å². The Labute approximate surface area is 177 Å². The highest BCUT2D eigenvalue weighted by Gasteiger charge is 2.19. The molecule has 1 fully saturated rings. The Kier molecular flexibility index (Phi) is 6.32. The smallest absolute Gasteiger partial charge is 0.307 e. The van der Waals surface area contributed by atoms with E-state index >= 15 is 0 Å². The Hall–Kier alpha value is -3.29. The van der Waals surface area contributed by atoms with Gasteiger partial charge in [0.05, 0.1) is 23.8 Å². The lowest BCUT2D eigenvalue weighted by molar-refractivity contribution is 0.148. The molecule has 30 heavy (non-hydrogen) atoms. The van der Waals surface area contributed by atoms with Crippen molar-refractivity contribution in [3.8, 4) is 0 Å². The Morgan fingerprint density at radius 1 is 0.933 bits per heavy atom. The number of para-hydroxylation sites is 1. The van der Waals surface area contributed by atoms with E-state index in [-0.39, 0.29) is 6.03 Å². The molecule has 0 radical (unpaired) electrons. The lowest BCUT2D eigenvalue weighted by atomic mass is 10.2. The molecule has 0 bridgehead atoms. The zero-order chi connectivity index (χ0) is 20.8. The van der Waals surface area contributed by atoms with E-state index in [0.717, 1.165) is 44.1 Å². The van der Waals surface area contributed by atoms with Crippen LogP contribution in [-0.2, 0) is 6.54 Å². The van der Waals surface area contributed by atoms with Crippen molar-refractivity contribution in [3.05, 3.63) is 78.9 Å². The van der Waals surface area contributed by atoms with Crippen LogP contribution >= 0.6 is 0 Å². The van der Waals surface area contributed by atoms with Crippen LogP contribution in [0.2, 0.25) is 0 Å². The maximum absolute atomic E-state index is 13.1. The number of carbonyl (C=O) groups is 1. The maximum Gasteiger partial charge on any atom is 0.331 e. The summed E-state index contributed by atoms with van der Waals surface area (Å²) in [4.78, 5) is 27.6. The molecular formula is C23H26N6O. The molecule has 2 amide bonds. The Bertz CT molecular complexity index is 901. The molecule has 0 atom stereocenters. The number of urea groups is 1. The van der Waals surface area contributed by atoms with Crippen LogP contribution < -0.4 is 10.2 Å². The number of anilines is 3. The van der Waals surface area contributed by atoms with E-state index in [4.69, 9.17) is 0 Å². The fourth-order valence-corrected chi connectivity index (χ4v) is 3.50. The SMILES string of the molecule is CN1CCN(Cc2ccc(NC(=O)N(c3ccccc3)c3cncnc3)cc2)CC1. The van der Waals surface area contributed by atoms with E-state index in [1.165, 1.54) is 11.9 Å². The summed E-state index contributed by atoms with van der Waals surface area (Å²) in [5.74, 6) is 0. The number of amides is 2. The molecule has 2 heterocycles. The molecule has 1 aliphatic heterocycles.